The minimum atomic E-state index is 0.234. The number of nitrogens with one attached hydrogen (secondary N) is 2. The quantitative estimate of drug-likeness (QED) is 0.806. The Labute approximate surface area is 110 Å². The van der Waals surface area contributed by atoms with Gasteiger partial charge in [0.1, 0.15) is 0 Å². The zero-order valence-corrected chi connectivity index (χ0v) is 11.3. The lowest BCUT2D eigenvalue weighted by atomic mass is 9.69. The summed E-state index contributed by atoms with van der Waals surface area (Å²) in [4.78, 5) is 11.2. The second-order valence-corrected chi connectivity index (χ2v) is 6.53. The molecule has 1 aliphatic heterocycles. The third kappa shape index (κ3) is 2.87. The molecule has 2 aliphatic carbocycles. The Morgan fingerprint density at radius 2 is 1.89 bits per heavy atom. The third-order valence-electron chi connectivity index (χ3n) is 5.28. The summed E-state index contributed by atoms with van der Waals surface area (Å²) in [7, 11) is 0. The Morgan fingerprint density at radius 1 is 1.06 bits per heavy atom. The van der Waals surface area contributed by atoms with Gasteiger partial charge < -0.3 is 10.6 Å². The lowest BCUT2D eigenvalue weighted by Gasteiger charge is -2.39. The van der Waals surface area contributed by atoms with Gasteiger partial charge in [-0.15, -0.1) is 0 Å². The predicted molar refractivity (Wildman–Crippen MR) is 72.3 cm³/mol. The van der Waals surface area contributed by atoms with Crippen LogP contribution in [0.15, 0.2) is 0 Å². The molecule has 3 fully saturated rings. The van der Waals surface area contributed by atoms with Gasteiger partial charge in [-0.05, 0) is 37.5 Å². The van der Waals surface area contributed by atoms with Crippen LogP contribution in [0.4, 0.5) is 0 Å². The summed E-state index contributed by atoms with van der Waals surface area (Å²) in [6, 6.07) is 1.10. The van der Waals surface area contributed by atoms with E-state index in [9.17, 15) is 4.79 Å². The Balaban J connectivity index is 1.42. The summed E-state index contributed by atoms with van der Waals surface area (Å²) in [5.41, 5.74) is 0. The zero-order chi connectivity index (χ0) is 12.4. The molecule has 102 valence electrons. The van der Waals surface area contributed by atoms with Crippen LogP contribution in [0.3, 0.4) is 0 Å². The van der Waals surface area contributed by atoms with Crippen LogP contribution >= 0.6 is 0 Å². The highest BCUT2D eigenvalue weighted by Crippen LogP contribution is 2.40. The van der Waals surface area contributed by atoms with Crippen molar-refractivity contribution >= 4 is 5.91 Å². The molecule has 1 heterocycles. The van der Waals surface area contributed by atoms with E-state index in [-0.39, 0.29) is 5.91 Å². The normalized spacial score (nSPS) is 40.3. The van der Waals surface area contributed by atoms with Crippen molar-refractivity contribution in [3.8, 4) is 0 Å². The summed E-state index contributed by atoms with van der Waals surface area (Å²) in [5.74, 6) is 2.25. The van der Waals surface area contributed by atoms with Crippen LogP contribution in [0.25, 0.3) is 0 Å². The zero-order valence-electron chi connectivity index (χ0n) is 11.3. The minimum Gasteiger partial charge on any atom is -0.352 e. The van der Waals surface area contributed by atoms with E-state index >= 15 is 0 Å². The van der Waals surface area contributed by atoms with Crippen molar-refractivity contribution < 1.29 is 4.79 Å². The lowest BCUT2D eigenvalue weighted by Crippen LogP contribution is -2.44. The molecular weight excluding hydrogens is 224 g/mol. The van der Waals surface area contributed by atoms with Crippen molar-refractivity contribution in [1.29, 1.82) is 0 Å². The maximum Gasteiger partial charge on any atom is 0.220 e. The summed E-state index contributed by atoms with van der Waals surface area (Å²) in [5, 5.41) is 6.75. The van der Waals surface area contributed by atoms with Crippen LogP contribution in [0.5, 0.6) is 0 Å². The Kier molecular flexibility index (Phi) is 3.88. The average molecular weight is 250 g/mol. The van der Waals surface area contributed by atoms with Gasteiger partial charge in [-0.25, -0.2) is 0 Å². The molecule has 0 spiro atoms. The topological polar surface area (TPSA) is 41.1 Å². The van der Waals surface area contributed by atoms with Gasteiger partial charge >= 0.3 is 0 Å². The molecule has 1 saturated heterocycles. The fraction of sp³-hybridized carbons (Fsp3) is 0.933. The van der Waals surface area contributed by atoms with E-state index < -0.39 is 0 Å². The second kappa shape index (κ2) is 5.60. The van der Waals surface area contributed by atoms with E-state index in [1.165, 1.54) is 44.9 Å². The fourth-order valence-electron chi connectivity index (χ4n) is 4.20. The number of amides is 1. The van der Waals surface area contributed by atoms with E-state index in [4.69, 9.17) is 0 Å². The molecule has 3 nitrogen and oxygen atoms in total. The third-order valence-corrected chi connectivity index (χ3v) is 5.28. The first-order chi connectivity index (χ1) is 8.81. The minimum absolute atomic E-state index is 0.234. The number of fused-ring (bicyclic) bond motifs is 1. The number of carbonyl (C=O) groups is 1. The summed E-state index contributed by atoms with van der Waals surface area (Å²) in [6.45, 7) is 0.980. The van der Waals surface area contributed by atoms with Crippen molar-refractivity contribution in [2.24, 2.45) is 11.8 Å². The molecule has 1 amide bonds. The lowest BCUT2D eigenvalue weighted by molar-refractivity contribution is -0.119. The van der Waals surface area contributed by atoms with Gasteiger partial charge in [-0.3, -0.25) is 4.79 Å². The number of carbonyl (C=O) groups excluding carboxylic acids is 1. The first-order valence-corrected chi connectivity index (χ1v) is 7.84. The molecule has 0 radical (unpaired) electrons. The van der Waals surface area contributed by atoms with Gasteiger partial charge in [0.25, 0.3) is 0 Å². The highest BCUT2D eigenvalue weighted by atomic mass is 16.1. The standard InChI is InChI=1S/C15H26N2O/c18-15-8-7-14(17-15)10-16-13-6-5-11-3-1-2-4-12(11)9-13/h11-14,16H,1-10H2,(H,17,18). The highest BCUT2D eigenvalue weighted by Gasteiger charge is 2.32. The second-order valence-electron chi connectivity index (χ2n) is 6.53. The Morgan fingerprint density at radius 3 is 2.67 bits per heavy atom. The molecule has 4 atom stereocenters. The van der Waals surface area contributed by atoms with E-state index in [1.54, 1.807) is 0 Å². The molecule has 3 aliphatic rings. The summed E-state index contributed by atoms with van der Waals surface area (Å²) >= 11 is 0. The summed E-state index contributed by atoms with van der Waals surface area (Å²) in [6.07, 6.45) is 11.8. The Hall–Kier alpha value is -0.570. The van der Waals surface area contributed by atoms with Gasteiger partial charge in [-0.2, -0.15) is 0 Å². The largest absolute Gasteiger partial charge is 0.352 e. The molecule has 4 unspecified atom stereocenters. The summed E-state index contributed by atoms with van der Waals surface area (Å²) < 4.78 is 0. The van der Waals surface area contributed by atoms with Crippen LogP contribution in [0, 0.1) is 11.8 Å². The van der Waals surface area contributed by atoms with Crippen molar-refractivity contribution in [2.45, 2.75) is 69.9 Å². The molecule has 0 aromatic carbocycles. The maximum absolute atomic E-state index is 11.2. The predicted octanol–water partition coefficient (Wildman–Crippen LogP) is 2.21. The van der Waals surface area contributed by atoms with Crippen molar-refractivity contribution in [3.63, 3.8) is 0 Å². The average Bonchev–Trinajstić information content (AvgIpc) is 2.82. The van der Waals surface area contributed by atoms with Crippen LogP contribution in [-0.4, -0.2) is 24.5 Å². The maximum atomic E-state index is 11.2. The molecule has 2 N–H and O–H groups in total. The van der Waals surface area contributed by atoms with Gasteiger partial charge in [-0.1, -0.05) is 25.7 Å². The van der Waals surface area contributed by atoms with E-state index in [1.807, 2.05) is 0 Å². The highest BCUT2D eigenvalue weighted by molar-refractivity contribution is 5.78. The van der Waals surface area contributed by atoms with Crippen molar-refractivity contribution in [2.75, 3.05) is 6.54 Å². The van der Waals surface area contributed by atoms with Crippen LogP contribution < -0.4 is 10.6 Å². The first kappa shape index (κ1) is 12.5. The van der Waals surface area contributed by atoms with E-state index in [0.717, 1.165) is 31.2 Å². The number of hydrogen-bond donors (Lipinski definition) is 2. The van der Waals surface area contributed by atoms with E-state index in [0.29, 0.717) is 12.1 Å². The fourth-order valence-corrected chi connectivity index (χ4v) is 4.20. The molecule has 3 rings (SSSR count). The van der Waals surface area contributed by atoms with Gasteiger partial charge in [0.2, 0.25) is 5.91 Å². The van der Waals surface area contributed by atoms with Gasteiger partial charge in [0.15, 0.2) is 0 Å². The van der Waals surface area contributed by atoms with Crippen LogP contribution in [0.1, 0.15) is 57.8 Å². The molecular formula is C15H26N2O. The smallest absolute Gasteiger partial charge is 0.220 e. The van der Waals surface area contributed by atoms with Crippen LogP contribution in [-0.2, 0) is 4.79 Å². The monoisotopic (exact) mass is 250 g/mol. The van der Waals surface area contributed by atoms with Crippen LogP contribution in [0.2, 0.25) is 0 Å². The van der Waals surface area contributed by atoms with Gasteiger partial charge in [0, 0.05) is 25.0 Å². The molecule has 0 bridgehead atoms. The molecule has 0 aromatic heterocycles. The molecule has 3 heteroatoms. The number of hydrogen-bond acceptors (Lipinski definition) is 2. The molecule has 18 heavy (non-hydrogen) atoms. The van der Waals surface area contributed by atoms with Crippen molar-refractivity contribution in [3.05, 3.63) is 0 Å². The SMILES string of the molecule is O=C1CCC(CNC2CCC3CCCCC3C2)N1. The van der Waals surface area contributed by atoms with Crippen molar-refractivity contribution in [1.82, 2.24) is 10.6 Å². The molecule has 0 aromatic rings. The first-order valence-electron chi connectivity index (χ1n) is 7.84. The Bertz CT molecular complexity index is 305. The number of rotatable bonds is 3. The molecule has 2 saturated carbocycles. The van der Waals surface area contributed by atoms with Gasteiger partial charge in [0.05, 0.1) is 0 Å². The van der Waals surface area contributed by atoms with E-state index in [2.05, 4.69) is 10.6 Å².